The molecule has 0 radical (unpaired) electrons. The summed E-state index contributed by atoms with van der Waals surface area (Å²) in [5.41, 5.74) is -7.67. The molecule has 0 unspecified atom stereocenters. The lowest BCUT2D eigenvalue weighted by molar-refractivity contribution is -0.400. The average molecular weight is 915 g/mol. The van der Waals surface area contributed by atoms with Crippen LogP contribution in [0, 0.1) is 5.41 Å². The van der Waals surface area contributed by atoms with Crippen molar-refractivity contribution >= 4 is 18.5 Å². The van der Waals surface area contributed by atoms with Crippen molar-refractivity contribution in [2.45, 2.75) is 248 Å². The van der Waals surface area contributed by atoms with E-state index < -0.39 is 94.1 Å². The maximum atomic E-state index is 12.9. The molecule has 0 aromatic rings. The first-order valence-electron chi connectivity index (χ1n) is 21.8. The molecule has 0 fully saturated rings. The van der Waals surface area contributed by atoms with Crippen LogP contribution in [-0.4, -0.2) is 88.7 Å². The quantitative estimate of drug-likeness (QED) is 0.0311. The van der Waals surface area contributed by atoms with Crippen LogP contribution >= 0.6 is 0 Å². The largest absolute Gasteiger partial charge is 0.540 e. The zero-order valence-electron chi connectivity index (χ0n) is 42.9. The number of carbonyl (C=O) groups excluding carboxylic acids is 3. The monoisotopic (exact) mass is 915 g/mol. The molecule has 0 aliphatic rings. The fourth-order valence-electron chi connectivity index (χ4n) is 4.35. The molecule has 0 aliphatic carbocycles. The van der Waals surface area contributed by atoms with Gasteiger partial charge in [-0.3, -0.25) is 14.7 Å². The summed E-state index contributed by atoms with van der Waals surface area (Å²) in [6.07, 6.45) is -0.677. The van der Waals surface area contributed by atoms with Gasteiger partial charge in [0.2, 0.25) is 0 Å². The normalized spacial score (nSPS) is 14.0. The van der Waals surface area contributed by atoms with Gasteiger partial charge in [0.05, 0.1) is 39.0 Å². The summed E-state index contributed by atoms with van der Waals surface area (Å²) >= 11 is 0. The van der Waals surface area contributed by atoms with Gasteiger partial charge in [-0.25, -0.2) is 43.7 Å². The Morgan fingerprint density at radius 1 is 0.302 bits per heavy atom. The van der Waals surface area contributed by atoms with Crippen LogP contribution in [-0.2, 0) is 72.9 Å². The Balaban J connectivity index is 5.69. The third-order valence-corrected chi connectivity index (χ3v) is 8.78. The maximum Gasteiger partial charge on any atom is 0.540 e. The molecule has 18 heteroatoms. The van der Waals surface area contributed by atoms with Crippen molar-refractivity contribution in [1.82, 2.24) is 0 Å². The highest BCUT2D eigenvalue weighted by molar-refractivity contribution is 5.60. The van der Waals surface area contributed by atoms with E-state index in [9.17, 15) is 14.4 Å². The van der Waals surface area contributed by atoms with Gasteiger partial charge in [0.15, 0.2) is 0 Å². The summed E-state index contributed by atoms with van der Waals surface area (Å²) in [4.78, 5) is 103. The molecular weight excluding hydrogens is 828 g/mol. The Labute approximate surface area is 378 Å². The number of ether oxygens (including phenoxy) is 3. The molecule has 63 heavy (non-hydrogen) atoms. The second-order valence-corrected chi connectivity index (χ2v) is 22.9. The van der Waals surface area contributed by atoms with Crippen LogP contribution in [0.3, 0.4) is 0 Å². The smallest absolute Gasteiger partial charge is 0.431 e. The molecule has 0 amide bonds. The van der Waals surface area contributed by atoms with Gasteiger partial charge in [-0.2, -0.15) is 14.7 Å². The average Bonchev–Trinajstić information content (AvgIpc) is 3.13. The predicted octanol–water partition coefficient (Wildman–Crippen LogP) is 11.9. The van der Waals surface area contributed by atoms with E-state index in [1.807, 2.05) is 104 Å². The lowest BCUT2D eigenvalue weighted by Crippen LogP contribution is -2.40. The van der Waals surface area contributed by atoms with Gasteiger partial charge >= 0.3 is 18.5 Å². The SMILES string of the molecule is CCC(COC(=O)OOC(C)(C)CCC(C)(C)OOC(C)(C)C)(COC(=O)OOC(C)(C)CCC(C)(C)OOC(C)(C)C)COC(=O)OOC(C)(C)CCC(C)(C)OOC(C)(C)C. The fraction of sp³-hybridized carbons (Fsp3) is 0.933. The first-order valence-corrected chi connectivity index (χ1v) is 21.8. The molecule has 0 N–H and O–H groups in total. The Kier molecular flexibility index (Phi) is 23.3. The Bertz CT molecular complexity index is 1210. The van der Waals surface area contributed by atoms with E-state index in [1.54, 1.807) is 48.5 Å². The maximum absolute atomic E-state index is 12.9. The van der Waals surface area contributed by atoms with Gasteiger partial charge in [0.25, 0.3) is 0 Å². The molecule has 0 aromatic carbocycles. The summed E-state index contributed by atoms with van der Waals surface area (Å²) in [7, 11) is 0. The number of rotatable bonds is 28. The van der Waals surface area contributed by atoms with Crippen molar-refractivity contribution in [2.75, 3.05) is 19.8 Å². The molecular formula is C45H86O18. The summed E-state index contributed by atoms with van der Waals surface area (Å²) in [6.45, 7) is 38.8. The topological polar surface area (TPSA) is 190 Å². The molecule has 374 valence electrons. The zero-order chi connectivity index (χ0) is 49.4. The summed E-state index contributed by atoms with van der Waals surface area (Å²) < 4.78 is 16.2. The summed E-state index contributed by atoms with van der Waals surface area (Å²) in [5, 5.41) is 0. The van der Waals surface area contributed by atoms with E-state index in [0.717, 1.165) is 0 Å². The van der Waals surface area contributed by atoms with E-state index >= 15 is 0 Å². The number of carbonyl (C=O) groups is 3. The third kappa shape index (κ3) is 31.9. The Morgan fingerprint density at radius 2 is 0.492 bits per heavy atom. The molecule has 0 aromatic heterocycles. The highest BCUT2D eigenvalue weighted by Gasteiger charge is 2.38. The van der Waals surface area contributed by atoms with Crippen molar-refractivity contribution in [3.05, 3.63) is 0 Å². The highest BCUT2D eigenvalue weighted by atomic mass is 17.3. The lowest BCUT2D eigenvalue weighted by Gasteiger charge is -2.32. The van der Waals surface area contributed by atoms with Crippen molar-refractivity contribution in [3.63, 3.8) is 0 Å². The molecule has 0 aliphatic heterocycles. The van der Waals surface area contributed by atoms with E-state index in [1.165, 1.54) is 0 Å². The molecule has 0 bridgehead atoms. The van der Waals surface area contributed by atoms with Gasteiger partial charge < -0.3 is 14.2 Å². The minimum Gasteiger partial charge on any atom is -0.431 e. The zero-order valence-corrected chi connectivity index (χ0v) is 42.9. The van der Waals surface area contributed by atoms with Gasteiger partial charge in [0, 0.05) is 0 Å². The van der Waals surface area contributed by atoms with Crippen LogP contribution in [0.1, 0.15) is 197 Å². The van der Waals surface area contributed by atoms with E-state index in [4.69, 9.17) is 72.9 Å². The molecule has 0 rings (SSSR count). The van der Waals surface area contributed by atoms with E-state index in [0.29, 0.717) is 38.5 Å². The molecule has 0 saturated carbocycles. The molecule has 18 nitrogen and oxygen atoms in total. The number of hydrogen-bond donors (Lipinski definition) is 0. The van der Waals surface area contributed by atoms with Crippen molar-refractivity contribution < 1.29 is 87.2 Å². The van der Waals surface area contributed by atoms with Crippen LogP contribution in [0.5, 0.6) is 0 Å². The van der Waals surface area contributed by atoms with Crippen molar-refractivity contribution in [3.8, 4) is 0 Å². The van der Waals surface area contributed by atoms with Crippen molar-refractivity contribution in [2.24, 2.45) is 5.41 Å². The Hall–Kier alpha value is -2.55. The first-order chi connectivity index (χ1) is 28.1. The second kappa shape index (κ2) is 24.3. The fourth-order valence-corrected chi connectivity index (χ4v) is 4.35. The summed E-state index contributed by atoms with van der Waals surface area (Å²) in [6, 6.07) is 0. The molecule has 0 atom stereocenters. The highest BCUT2D eigenvalue weighted by Crippen LogP contribution is 2.31. The van der Waals surface area contributed by atoms with Crippen LogP contribution < -0.4 is 0 Å². The van der Waals surface area contributed by atoms with Crippen LogP contribution in [0.2, 0.25) is 0 Å². The molecule has 0 spiro atoms. The molecule has 0 saturated heterocycles. The lowest BCUT2D eigenvalue weighted by atomic mass is 9.88. The van der Waals surface area contributed by atoms with E-state index in [2.05, 4.69) is 0 Å². The minimum absolute atomic E-state index is 0.162. The standard InChI is InChI=1S/C45H86O18/c1-23-45(30-49-33(46)52-58-39(11,12)24-27-42(17,18)61-55-36(2,3)4,31-50-34(47)53-59-40(13,14)25-28-43(19,20)62-56-37(5,6)7)32-51-35(48)54-60-41(15,16)26-29-44(21,22)63-57-38(8,9)10/h23-32H2,1-22H3. The minimum atomic E-state index is -1.32. The van der Waals surface area contributed by atoms with Crippen molar-refractivity contribution in [1.29, 1.82) is 0 Å². The predicted molar refractivity (Wildman–Crippen MR) is 231 cm³/mol. The Morgan fingerprint density at radius 3 is 0.667 bits per heavy atom. The van der Waals surface area contributed by atoms with Crippen LogP contribution in [0.25, 0.3) is 0 Å². The number of hydrogen-bond acceptors (Lipinski definition) is 18. The van der Waals surface area contributed by atoms with Gasteiger partial charge in [-0.05, 0) is 190 Å². The van der Waals surface area contributed by atoms with Gasteiger partial charge in [-0.15, -0.1) is 0 Å². The van der Waals surface area contributed by atoms with Crippen LogP contribution in [0.4, 0.5) is 14.4 Å². The second-order valence-electron chi connectivity index (χ2n) is 22.9. The van der Waals surface area contributed by atoms with E-state index in [-0.39, 0.29) is 6.42 Å². The van der Waals surface area contributed by atoms with Crippen LogP contribution in [0.15, 0.2) is 0 Å². The van der Waals surface area contributed by atoms with Gasteiger partial charge in [0.1, 0.15) is 36.6 Å². The summed E-state index contributed by atoms with van der Waals surface area (Å²) in [5.74, 6) is 0. The first kappa shape index (κ1) is 60.5. The third-order valence-electron chi connectivity index (χ3n) is 8.78. The van der Waals surface area contributed by atoms with Gasteiger partial charge in [-0.1, -0.05) is 6.92 Å². The molecule has 0 heterocycles.